The van der Waals surface area contributed by atoms with Crippen molar-refractivity contribution in [1.29, 1.82) is 0 Å². The van der Waals surface area contributed by atoms with Crippen LogP contribution >= 0.6 is 15.9 Å². The minimum absolute atomic E-state index is 0.124. The van der Waals surface area contributed by atoms with Gasteiger partial charge in [0.2, 0.25) is 5.78 Å². The first-order valence-corrected chi connectivity index (χ1v) is 9.90. The fourth-order valence-corrected chi connectivity index (χ4v) is 5.30. The van der Waals surface area contributed by atoms with Crippen molar-refractivity contribution in [2.45, 2.75) is 31.0 Å². The molecule has 1 aromatic carbocycles. The van der Waals surface area contributed by atoms with Gasteiger partial charge in [-0.05, 0) is 33.5 Å². The van der Waals surface area contributed by atoms with Crippen LogP contribution in [0, 0.1) is 11.8 Å². The molecular formula is C20H18BrNO8. The highest BCUT2D eigenvalue weighted by molar-refractivity contribution is 9.10. The van der Waals surface area contributed by atoms with E-state index in [9.17, 15) is 39.9 Å². The SMILES string of the molecule is C[C@H]1c2ccc(Br)c(O)c2C(=O)C2=C(O)[C@]3(O)C(=O)C(C(N)=O)=C(O)C[C@@H]3[C@@H](O)[C@@H]21. The molecule has 0 spiro atoms. The highest BCUT2D eigenvalue weighted by atomic mass is 79.9. The van der Waals surface area contributed by atoms with Crippen LogP contribution in [-0.2, 0) is 9.59 Å². The number of Topliss-reactive ketones (excluding diaryl/α,β-unsaturated/α-hetero) is 2. The monoisotopic (exact) mass is 479 g/mol. The maximum Gasteiger partial charge on any atom is 0.255 e. The number of ketones is 2. The number of halogens is 1. The standard InChI is InChI=1S/C20H18BrNO8/c1-5-6-2-3-8(21)15(25)11(6)16(26)13-10(5)14(24)7-4-9(23)12(19(22)29)17(27)20(7,30)18(13)28/h2-3,5,7,10,14,23-25,28,30H,4H2,1H3,(H2,22,29)/t5-,7+,10+,14+,20+/m0/s1. The van der Waals surface area contributed by atoms with Gasteiger partial charge in [-0.2, -0.15) is 0 Å². The molecule has 0 saturated carbocycles. The summed E-state index contributed by atoms with van der Waals surface area (Å²) in [5.74, 6) is -8.68. The number of carbonyl (C=O) groups excluding carboxylic acids is 3. The first kappa shape index (κ1) is 20.6. The molecule has 5 atom stereocenters. The summed E-state index contributed by atoms with van der Waals surface area (Å²) in [5.41, 5.74) is 1.29. The molecule has 1 amide bonds. The van der Waals surface area contributed by atoms with E-state index in [2.05, 4.69) is 15.9 Å². The van der Waals surface area contributed by atoms with E-state index >= 15 is 0 Å². The Hall–Kier alpha value is -2.69. The minimum atomic E-state index is -2.82. The van der Waals surface area contributed by atoms with Crippen molar-refractivity contribution >= 4 is 33.4 Å². The van der Waals surface area contributed by atoms with Gasteiger partial charge in [-0.25, -0.2) is 0 Å². The Bertz CT molecular complexity index is 1110. The number of amides is 1. The van der Waals surface area contributed by atoms with Crippen LogP contribution in [0.25, 0.3) is 0 Å². The van der Waals surface area contributed by atoms with Crippen LogP contribution in [0.2, 0.25) is 0 Å². The molecule has 4 rings (SSSR count). The van der Waals surface area contributed by atoms with Crippen LogP contribution in [0.3, 0.4) is 0 Å². The Morgan fingerprint density at radius 3 is 2.47 bits per heavy atom. The van der Waals surface area contributed by atoms with Crippen molar-refractivity contribution in [3.63, 3.8) is 0 Å². The third-order valence-corrected chi connectivity index (χ3v) is 7.09. The van der Waals surface area contributed by atoms with Gasteiger partial charge in [0.05, 0.1) is 16.1 Å². The molecule has 7 N–H and O–H groups in total. The van der Waals surface area contributed by atoms with Gasteiger partial charge in [-0.1, -0.05) is 13.0 Å². The van der Waals surface area contributed by atoms with E-state index in [0.29, 0.717) is 5.56 Å². The summed E-state index contributed by atoms with van der Waals surface area (Å²) < 4.78 is 0.228. The van der Waals surface area contributed by atoms with Crippen LogP contribution < -0.4 is 5.73 Å². The summed E-state index contributed by atoms with van der Waals surface area (Å²) in [4.78, 5) is 37.8. The molecular weight excluding hydrogens is 462 g/mol. The lowest BCUT2D eigenvalue weighted by atomic mass is 9.56. The number of nitrogens with two attached hydrogens (primary N) is 1. The van der Waals surface area contributed by atoms with E-state index in [0.717, 1.165) is 0 Å². The Labute approximate surface area is 178 Å². The molecule has 158 valence electrons. The highest BCUT2D eigenvalue weighted by Gasteiger charge is 2.64. The number of hydrogen-bond donors (Lipinski definition) is 6. The summed E-state index contributed by atoms with van der Waals surface area (Å²) in [6, 6.07) is 3.13. The third-order valence-electron chi connectivity index (χ3n) is 6.45. The van der Waals surface area contributed by atoms with E-state index < -0.39 is 76.0 Å². The van der Waals surface area contributed by atoms with Gasteiger partial charge in [-0.3, -0.25) is 14.4 Å². The van der Waals surface area contributed by atoms with Crippen molar-refractivity contribution in [2.75, 3.05) is 0 Å². The van der Waals surface area contributed by atoms with Gasteiger partial charge in [0, 0.05) is 23.8 Å². The molecule has 0 aromatic heterocycles. The average Bonchev–Trinajstić information content (AvgIpc) is 2.67. The molecule has 1 aromatic rings. The van der Waals surface area contributed by atoms with Gasteiger partial charge < -0.3 is 31.3 Å². The Kier molecular flexibility index (Phi) is 4.39. The van der Waals surface area contributed by atoms with Crippen molar-refractivity contribution in [3.8, 4) is 5.75 Å². The van der Waals surface area contributed by atoms with E-state index in [4.69, 9.17) is 5.73 Å². The quantitative estimate of drug-likeness (QED) is 0.321. The van der Waals surface area contributed by atoms with Crippen LogP contribution in [0.5, 0.6) is 5.75 Å². The lowest BCUT2D eigenvalue weighted by Crippen LogP contribution is -2.62. The van der Waals surface area contributed by atoms with Crippen molar-refractivity contribution in [3.05, 3.63) is 50.4 Å². The third kappa shape index (κ3) is 2.32. The van der Waals surface area contributed by atoms with Crippen LogP contribution in [0.4, 0.5) is 0 Å². The lowest BCUT2D eigenvalue weighted by Gasteiger charge is -2.50. The predicted molar refractivity (Wildman–Crippen MR) is 105 cm³/mol. The predicted octanol–water partition coefficient (Wildman–Crippen LogP) is 0.875. The minimum Gasteiger partial charge on any atom is -0.511 e. The van der Waals surface area contributed by atoms with E-state index in [1.54, 1.807) is 13.0 Å². The number of phenolic OH excluding ortho intramolecular Hbond substituents is 1. The second-order valence-corrected chi connectivity index (χ2v) is 8.70. The number of allylic oxidation sites excluding steroid dienone is 1. The number of rotatable bonds is 1. The van der Waals surface area contributed by atoms with Crippen LogP contribution in [0.1, 0.15) is 35.2 Å². The fourth-order valence-electron chi connectivity index (χ4n) is 4.97. The van der Waals surface area contributed by atoms with Gasteiger partial charge >= 0.3 is 0 Å². The Balaban J connectivity index is 2.01. The number of carbonyl (C=O) groups is 3. The second kappa shape index (κ2) is 6.40. The van der Waals surface area contributed by atoms with Crippen LogP contribution in [-0.4, -0.2) is 54.7 Å². The normalized spacial score (nSPS) is 33.2. The maximum absolute atomic E-state index is 13.2. The summed E-state index contributed by atoms with van der Waals surface area (Å²) in [6.07, 6.45) is -2.03. The zero-order valence-corrected chi connectivity index (χ0v) is 17.2. The number of aliphatic hydroxyl groups is 4. The molecule has 0 radical (unpaired) electrons. The van der Waals surface area contributed by atoms with Crippen molar-refractivity contribution < 1.29 is 39.9 Å². The van der Waals surface area contributed by atoms with E-state index in [-0.39, 0.29) is 15.8 Å². The molecule has 0 aliphatic heterocycles. The zero-order chi connectivity index (χ0) is 22.3. The molecule has 30 heavy (non-hydrogen) atoms. The molecule has 0 fully saturated rings. The van der Waals surface area contributed by atoms with E-state index in [1.807, 2.05) is 0 Å². The highest BCUT2D eigenvalue weighted by Crippen LogP contribution is 2.55. The number of aliphatic hydroxyl groups excluding tert-OH is 3. The smallest absolute Gasteiger partial charge is 0.255 e. The average molecular weight is 480 g/mol. The molecule has 3 aliphatic rings. The Morgan fingerprint density at radius 2 is 1.87 bits per heavy atom. The van der Waals surface area contributed by atoms with Crippen molar-refractivity contribution in [2.24, 2.45) is 17.6 Å². The number of phenols is 1. The number of aromatic hydroxyl groups is 1. The van der Waals surface area contributed by atoms with Gasteiger partial charge in [0.15, 0.2) is 11.4 Å². The number of fused-ring (bicyclic) bond motifs is 3. The summed E-state index contributed by atoms with van der Waals surface area (Å²) in [5, 5.41) is 53.7. The van der Waals surface area contributed by atoms with Gasteiger partial charge in [0.1, 0.15) is 22.8 Å². The van der Waals surface area contributed by atoms with Crippen LogP contribution in [0.15, 0.2) is 39.3 Å². The largest absolute Gasteiger partial charge is 0.511 e. The lowest BCUT2D eigenvalue weighted by molar-refractivity contribution is -0.154. The topological polar surface area (TPSA) is 178 Å². The first-order chi connectivity index (χ1) is 13.9. The second-order valence-electron chi connectivity index (χ2n) is 7.85. The molecule has 0 bridgehead atoms. The maximum atomic E-state index is 13.2. The molecule has 3 aliphatic carbocycles. The summed E-state index contributed by atoms with van der Waals surface area (Å²) in [7, 11) is 0. The molecule has 0 heterocycles. The zero-order valence-electron chi connectivity index (χ0n) is 15.6. The summed E-state index contributed by atoms with van der Waals surface area (Å²) >= 11 is 3.12. The molecule has 0 unspecified atom stereocenters. The van der Waals surface area contributed by atoms with Crippen molar-refractivity contribution in [1.82, 2.24) is 0 Å². The van der Waals surface area contributed by atoms with E-state index in [1.165, 1.54) is 6.07 Å². The summed E-state index contributed by atoms with van der Waals surface area (Å²) in [6.45, 7) is 1.67. The molecule has 10 heteroatoms. The Morgan fingerprint density at radius 1 is 1.23 bits per heavy atom. The molecule has 0 saturated heterocycles. The number of primary amides is 1. The van der Waals surface area contributed by atoms with Gasteiger partial charge in [0.25, 0.3) is 5.91 Å². The molecule has 9 nitrogen and oxygen atoms in total. The number of hydrogen-bond acceptors (Lipinski definition) is 8. The first-order valence-electron chi connectivity index (χ1n) is 9.11. The van der Waals surface area contributed by atoms with Gasteiger partial charge in [-0.15, -0.1) is 0 Å². The number of benzene rings is 1. The fraction of sp³-hybridized carbons (Fsp3) is 0.350.